The van der Waals surface area contributed by atoms with E-state index in [1.165, 1.54) is 6.92 Å². The van der Waals surface area contributed by atoms with Crippen molar-refractivity contribution in [2.24, 2.45) is 0 Å². The zero-order valence-electron chi connectivity index (χ0n) is 11.7. The SMILES string of the molecule is CCNC(=O)[C@H](C)NS(=O)(=O)c1ccc(Cl)cc1C(F)(F)F. The van der Waals surface area contributed by atoms with Crippen molar-refractivity contribution in [3.63, 3.8) is 0 Å². The molecule has 0 aliphatic heterocycles. The molecule has 124 valence electrons. The van der Waals surface area contributed by atoms with Gasteiger partial charge >= 0.3 is 6.18 Å². The molecule has 1 atom stereocenters. The van der Waals surface area contributed by atoms with Gasteiger partial charge in [-0.25, -0.2) is 8.42 Å². The fourth-order valence-electron chi connectivity index (χ4n) is 1.64. The van der Waals surface area contributed by atoms with Gasteiger partial charge in [-0.15, -0.1) is 0 Å². The number of carbonyl (C=O) groups is 1. The van der Waals surface area contributed by atoms with E-state index in [-0.39, 0.29) is 11.6 Å². The predicted molar refractivity (Wildman–Crippen MR) is 74.9 cm³/mol. The van der Waals surface area contributed by atoms with Gasteiger partial charge in [-0.1, -0.05) is 11.6 Å². The number of likely N-dealkylation sites (N-methyl/N-ethyl adjacent to an activating group) is 1. The number of carbonyl (C=O) groups excluding carboxylic acids is 1. The number of hydrogen-bond donors (Lipinski definition) is 2. The number of nitrogens with one attached hydrogen (secondary N) is 2. The summed E-state index contributed by atoms with van der Waals surface area (Å²) in [5, 5.41) is 2.12. The van der Waals surface area contributed by atoms with Gasteiger partial charge in [0.15, 0.2) is 0 Å². The molecule has 0 spiro atoms. The van der Waals surface area contributed by atoms with E-state index in [0.29, 0.717) is 6.07 Å². The van der Waals surface area contributed by atoms with Crippen molar-refractivity contribution in [3.05, 3.63) is 28.8 Å². The number of amides is 1. The third-order valence-corrected chi connectivity index (χ3v) is 4.45. The molecule has 10 heteroatoms. The Labute approximate surface area is 130 Å². The first-order valence-electron chi connectivity index (χ1n) is 6.16. The van der Waals surface area contributed by atoms with Crippen LogP contribution in [0.3, 0.4) is 0 Å². The summed E-state index contributed by atoms with van der Waals surface area (Å²) in [7, 11) is -4.54. The Morgan fingerprint density at radius 3 is 2.45 bits per heavy atom. The van der Waals surface area contributed by atoms with Gasteiger partial charge in [0, 0.05) is 11.6 Å². The molecule has 0 saturated carbocycles. The van der Waals surface area contributed by atoms with Crippen molar-refractivity contribution in [1.82, 2.24) is 10.0 Å². The van der Waals surface area contributed by atoms with Crippen LogP contribution in [0.1, 0.15) is 19.4 Å². The third kappa shape index (κ3) is 4.59. The average Bonchev–Trinajstić information content (AvgIpc) is 2.37. The van der Waals surface area contributed by atoms with Gasteiger partial charge in [-0.3, -0.25) is 4.79 Å². The van der Waals surface area contributed by atoms with Crippen molar-refractivity contribution in [2.75, 3.05) is 6.54 Å². The lowest BCUT2D eigenvalue weighted by molar-refractivity contribution is -0.139. The van der Waals surface area contributed by atoms with Crippen molar-refractivity contribution in [2.45, 2.75) is 31.0 Å². The molecule has 0 radical (unpaired) electrons. The quantitative estimate of drug-likeness (QED) is 0.847. The van der Waals surface area contributed by atoms with Gasteiger partial charge in [0.1, 0.15) is 0 Å². The van der Waals surface area contributed by atoms with Crippen molar-refractivity contribution < 1.29 is 26.4 Å². The molecule has 0 heterocycles. The summed E-state index contributed by atoms with van der Waals surface area (Å²) in [5.41, 5.74) is -1.39. The highest BCUT2D eigenvalue weighted by Gasteiger charge is 2.38. The molecule has 1 aromatic carbocycles. The van der Waals surface area contributed by atoms with E-state index in [1.807, 2.05) is 4.72 Å². The Morgan fingerprint density at radius 2 is 1.95 bits per heavy atom. The zero-order valence-corrected chi connectivity index (χ0v) is 13.2. The Hall–Kier alpha value is -1.32. The van der Waals surface area contributed by atoms with Crippen LogP contribution in [0.4, 0.5) is 13.2 Å². The summed E-state index contributed by atoms with van der Waals surface area (Å²) in [6, 6.07) is 1.08. The van der Waals surface area contributed by atoms with Crippen molar-refractivity contribution >= 4 is 27.5 Å². The van der Waals surface area contributed by atoms with Gasteiger partial charge in [0.2, 0.25) is 15.9 Å². The maximum Gasteiger partial charge on any atom is 0.417 e. The second-order valence-electron chi connectivity index (χ2n) is 4.38. The van der Waals surface area contributed by atoms with Gasteiger partial charge in [0.25, 0.3) is 0 Å². The standard InChI is InChI=1S/C12H14ClF3N2O3S/c1-3-17-11(19)7(2)18-22(20,21)10-5-4-8(13)6-9(10)12(14,15)16/h4-7,18H,3H2,1-2H3,(H,17,19)/t7-/m0/s1. The Balaban J connectivity index is 3.21. The van der Waals surface area contributed by atoms with Crippen LogP contribution >= 0.6 is 11.6 Å². The minimum absolute atomic E-state index is 0.247. The van der Waals surface area contributed by atoms with E-state index in [9.17, 15) is 26.4 Å². The highest BCUT2D eigenvalue weighted by Crippen LogP contribution is 2.35. The normalized spacial score (nSPS) is 13.7. The van der Waals surface area contributed by atoms with Crippen LogP contribution in [-0.4, -0.2) is 26.9 Å². The molecule has 1 rings (SSSR count). The first-order valence-corrected chi connectivity index (χ1v) is 8.02. The van der Waals surface area contributed by atoms with Crippen LogP contribution in [-0.2, 0) is 21.0 Å². The summed E-state index contributed by atoms with van der Waals surface area (Å²) in [6.45, 7) is 3.12. The van der Waals surface area contributed by atoms with Crippen LogP contribution < -0.4 is 10.0 Å². The summed E-state index contributed by atoms with van der Waals surface area (Å²) in [5.74, 6) is -0.645. The van der Waals surface area contributed by atoms with E-state index >= 15 is 0 Å². The smallest absolute Gasteiger partial charge is 0.355 e. The maximum atomic E-state index is 12.9. The Bertz CT molecular complexity index is 662. The van der Waals surface area contributed by atoms with Crippen molar-refractivity contribution in [1.29, 1.82) is 0 Å². The van der Waals surface area contributed by atoms with E-state index in [2.05, 4.69) is 5.32 Å². The lowest BCUT2D eigenvalue weighted by Gasteiger charge is -2.17. The average molecular weight is 359 g/mol. The van der Waals surface area contributed by atoms with E-state index in [1.54, 1.807) is 6.92 Å². The molecule has 0 bridgehead atoms. The summed E-state index contributed by atoms with van der Waals surface area (Å²) in [4.78, 5) is 10.5. The number of hydrogen-bond acceptors (Lipinski definition) is 3. The van der Waals surface area contributed by atoms with Crippen molar-refractivity contribution in [3.8, 4) is 0 Å². The largest absolute Gasteiger partial charge is 0.417 e. The summed E-state index contributed by atoms with van der Waals surface area (Å²) < 4.78 is 64.9. The molecule has 5 nitrogen and oxygen atoms in total. The number of sulfonamides is 1. The van der Waals surface area contributed by atoms with Crippen LogP contribution in [0.5, 0.6) is 0 Å². The van der Waals surface area contributed by atoms with Crippen LogP contribution in [0, 0.1) is 0 Å². The molecular formula is C12H14ClF3N2O3S. The molecule has 1 amide bonds. The third-order valence-electron chi connectivity index (χ3n) is 2.61. The van der Waals surface area contributed by atoms with E-state index in [4.69, 9.17) is 11.6 Å². The number of alkyl halides is 3. The first kappa shape index (κ1) is 18.7. The number of benzene rings is 1. The van der Waals surface area contributed by atoms with E-state index in [0.717, 1.165) is 12.1 Å². The van der Waals surface area contributed by atoms with Gasteiger partial charge < -0.3 is 5.32 Å². The monoisotopic (exact) mass is 358 g/mol. The van der Waals surface area contributed by atoms with Crippen LogP contribution in [0.15, 0.2) is 23.1 Å². The molecule has 0 aromatic heterocycles. The zero-order chi connectivity index (χ0) is 17.1. The van der Waals surface area contributed by atoms with E-state index < -0.39 is 38.6 Å². The number of halogens is 4. The molecule has 2 N–H and O–H groups in total. The molecule has 1 aromatic rings. The fraction of sp³-hybridized carbons (Fsp3) is 0.417. The molecule has 22 heavy (non-hydrogen) atoms. The topological polar surface area (TPSA) is 75.3 Å². The molecule has 0 aliphatic carbocycles. The molecule has 0 saturated heterocycles. The fourth-order valence-corrected chi connectivity index (χ4v) is 3.22. The minimum atomic E-state index is -4.90. The van der Waals surface area contributed by atoms with Gasteiger partial charge in [-0.2, -0.15) is 17.9 Å². The highest BCUT2D eigenvalue weighted by molar-refractivity contribution is 7.89. The second kappa shape index (κ2) is 6.84. The second-order valence-corrected chi connectivity index (χ2v) is 6.49. The Kier molecular flexibility index (Phi) is 5.82. The predicted octanol–water partition coefficient (Wildman–Crippen LogP) is 2.16. The lowest BCUT2D eigenvalue weighted by Crippen LogP contribution is -2.44. The molecule has 0 fully saturated rings. The Morgan fingerprint density at radius 1 is 1.36 bits per heavy atom. The maximum absolute atomic E-state index is 12.9. The van der Waals surface area contributed by atoms with Gasteiger partial charge in [-0.05, 0) is 32.0 Å². The van der Waals surface area contributed by atoms with Crippen LogP contribution in [0.2, 0.25) is 5.02 Å². The number of rotatable bonds is 5. The first-order chi connectivity index (χ1) is 9.99. The lowest BCUT2D eigenvalue weighted by atomic mass is 10.2. The van der Waals surface area contributed by atoms with Crippen LogP contribution in [0.25, 0.3) is 0 Å². The molecular weight excluding hydrogens is 345 g/mol. The minimum Gasteiger partial charge on any atom is -0.355 e. The highest BCUT2D eigenvalue weighted by atomic mass is 35.5. The summed E-state index contributed by atoms with van der Waals surface area (Å²) in [6.07, 6.45) is -4.90. The van der Waals surface area contributed by atoms with Gasteiger partial charge in [0.05, 0.1) is 16.5 Å². The molecule has 0 aliphatic rings. The summed E-state index contributed by atoms with van der Waals surface area (Å²) >= 11 is 5.49. The molecule has 0 unspecified atom stereocenters.